The Morgan fingerprint density at radius 3 is 2.41 bits per heavy atom. The number of benzene rings is 1. The van der Waals surface area contributed by atoms with Gasteiger partial charge in [-0.25, -0.2) is 4.21 Å². The van der Waals surface area contributed by atoms with E-state index >= 15 is 0 Å². The molecule has 0 heterocycles. The smallest absolute Gasteiger partial charge is 0.156 e. The number of rotatable bonds is 6. The highest BCUT2D eigenvalue weighted by molar-refractivity contribution is 9.10. The largest absolute Gasteiger partial charge is 0.493 e. The van der Waals surface area contributed by atoms with Crippen LogP contribution in [0.15, 0.2) is 14.9 Å². The Bertz CT molecular complexity index is 585. The Kier molecular flexibility index (Phi) is 7.35. The zero-order valence-corrected chi connectivity index (χ0v) is 16.6. The van der Waals surface area contributed by atoms with Gasteiger partial charge >= 0.3 is 0 Å². The van der Waals surface area contributed by atoms with Crippen LogP contribution in [0.5, 0.6) is 11.5 Å². The monoisotopic (exact) mass is 409 g/mol. The van der Waals surface area contributed by atoms with Crippen molar-refractivity contribution in [3.63, 3.8) is 0 Å². The molecule has 1 rings (SSSR count). The number of nitrogens with zero attached hydrogens (tertiary/aromatic N) is 1. The van der Waals surface area contributed by atoms with Crippen molar-refractivity contribution in [1.29, 1.82) is 0 Å². The number of halogens is 2. The van der Waals surface area contributed by atoms with Gasteiger partial charge in [0.2, 0.25) is 0 Å². The third kappa shape index (κ3) is 4.96. The third-order valence-corrected chi connectivity index (χ3v) is 5.04. The molecule has 0 bridgehead atoms. The molecule has 4 nitrogen and oxygen atoms in total. The van der Waals surface area contributed by atoms with Crippen LogP contribution in [0, 0.1) is 0 Å². The molecule has 1 atom stereocenters. The SMILES string of the molecule is CCOc1cc(/C=N/[S@@](=O)C(C)(C)C)c(Cl)c(OCC)c1Br. The van der Waals surface area contributed by atoms with E-state index in [1.165, 1.54) is 6.21 Å². The van der Waals surface area contributed by atoms with Crippen molar-refractivity contribution in [1.82, 2.24) is 0 Å². The second-order valence-corrected chi connectivity index (χ2v) is 8.49. The second-order valence-electron chi connectivity index (χ2n) is 5.38. The van der Waals surface area contributed by atoms with Crippen LogP contribution in [0.1, 0.15) is 40.2 Å². The summed E-state index contributed by atoms with van der Waals surface area (Å²) in [5.41, 5.74) is 0.606. The summed E-state index contributed by atoms with van der Waals surface area (Å²) in [6.07, 6.45) is 1.50. The molecule has 0 fully saturated rings. The maximum atomic E-state index is 12.0. The van der Waals surface area contributed by atoms with Crippen LogP contribution in [-0.2, 0) is 11.0 Å². The van der Waals surface area contributed by atoms with Gasteiger partial charge in [0.15, 0.2) is 5.75 Å². The van der Waals surface area contributed by atoms with Crippen molar-refractivity contribution in [3.8, 4) is 11.5 Å². The van der Waals surface area contributed by atoms with Gasteiger partial charge < -0.3 is 9.47 Å². The number of ether oxygens (including phenoxy) is 2. The lowest BCUT2D eigenvalue weighted by atomic mass is 10.2. The second kappa shape index (κ2) is 8.31. The molecule has 7 heteroatoms. The Hall–Kier alpha value is -0.590. The molecule has 124 valence electrons. The highest BCUT2D eigenvalue weighted by atomic mass is 79.9. The summed E-state index contributed by atoms with van der Waals surface area (Å²) in [5, 5.41) is 0.409. The molecule has 0 spiro atoms. The van der Waals surface area contributed by atoms with Crippen molar-refractivity contribution in [2.75, 3.05) is 13.2 Å². The summed E-state index contributed by atoms with van der Waals surface area (Å²) in [7, 11) is -1.35. The average Bonchev–Trinajstić information content (AvgIpc) is 2.44. The van der Waals surface area contributed by atoms with E-state index in [1.807, 2.05) is 34.6 Å². The lowest BCUT2D eigenvalue weighted by Gasteiger charge is -2.15. The molecule has 0 radical (unpaired) electrons. The van der Waals surface area contributed by atoms with Crippen molar-refractivity contribution >= 4 is 44.7 Å². The first kappa shape index (κ1) is 19.5. The lowest BCUT2D eigenvalue weighted by molar-refractivity contribution is 0.319. The van der Waals surface area contributed by atoms with Gasteiger partial charge in [-0.15, -0.1) is 0 Å². The fraction of sp³-hybridized carbons (Fsp3) is 0.533. The summed E-state index contributed by atoms with van der Waals surface area (Å²) in [4.78, 5) is 0. The zero-order valence-electron chi connectivity index (χ0n) is 13.4. The molecule has 0 saturated heterocycles. The standard InChI is InChI=1S/C15H21BrClNO3S/c1-6-20-11-8-10(9-18-22(19)15(3,4)5)13(17)14(12(11)16)21-7-2/h8-9H,6-7H2,1-5H3/b18-9+/t22-/m0/s1. The zero-order chi connectivity index (χ0) is 16.9. The quantitative estimate of drug-likeness (QED) is 0.634. The predicted octanol–water partition coefficient (Wildman–Crippen LogP) is 4.78. The lowest BCUT2D eigenvalue weighted by Crippen LogP contribution is -2.19. The molecular formula is C15H21BrClNO3S. The van der Waals surface area contributed by atoms with Gasteiger partial charge in [0.05, 0.1) is 23.0 Å². The first-order valence-corrected chi connectivity index (χ1v) is 9.23. The Labute approximate surface area is 148 Å². The van der Waals surface area contributed by atoms with Crippen LogP contribution >= 0.6 is 27.5 Å². The molecular weight excluding hydrogens is 390 g/mol. The maximum Gasteiger partial charge on any atom is 0.156 e. The molecule has 1 aromatic rings. The van der Waals surface area contributed by atoms with Crippen LogP contribution in [0.4, 0.5) is 0 Å². The van der Waals surface area contributed by atoms with Crippen molar-refractivity contribution in [3.05, 3.63) is 21.1 Å². The summed E-state index contributed by atoms with van der Waals surface area (Å²) in [6.45, 7) is 10.3. The summed E-state index contributed by atoms with van der Waals surface area (Å²) in [6, 6.07) is 1.75. The molecule has 1 aromatic carbocycles. The fourth-order valence-electron chi connectivity index (χ4n) is 1.50. The van der Waals surface area contributed by atoms with E-state index in [1.54, 1.807) is 6.07 Å². The van der Waals surface area contributed by atoms with Gasteiger partial charge in [-0.05, 0) is 56.6 Å². The van der Waals surface area contributed by atoms with Gasteiger partial charge in [-0.1, -0.05) is 11.6 Å². The molecule has 0 unspecified atom stereocenters. The van der Waals surface area contributed by atoms with Gasteiger partial charge in [0.25, 0.3) is 0 Å². The van der Waals surface area contributed by atoms with Crippen LogP contribution < -0.4 is 9.47 Å². The van der Waals surface area contributed by atoms with Crippen LogP contribution in [0.3, 0.4) is 0 Å². The first-order valence-electron chi connectivity index (χ1n) is 6.96. The number of hydrogen-bond donors (Lipinski definition) is 0. The topological polar surface area (TPSA) is 47.9 Å². The summed E-state index contributed by atoms with van der Waals surface area (Å²) >= 11 is 9.80. The minimum atomic E-state index is -1.35. The van der Waals surface area contributed by atoms with E-state index in [0.717, 1.165) is 0 Å². The van der Waals surface area contributed by atoms with Crippen LogP contribution in [0.25, 0.3) is 0 Å². The molecule has 22 heavy (non-hydrogen) atoms. The van der Waals surface area contributed by atoms with E-state index < -0.39 is 15.7 Å². The van der Waals surface area contributed by atoms with Crippen LogP contribution in [0.2, 0.25) is 5.02 Å². The van der Waals surface area contributed by atoms with E-state index in [2.05, 4.69) is 20.3 Å². The van der Waals surface area contributed by atoms with Gasteiger partial charge in [0.1, 0.15) is 21.2 Å². The van der Waals surface area contributed by atoms with E-state index in [-0.39, 0.29) is 0 Å². The van der Waals surface area contributed by atoms with Gasteiger partial charge in [-0.2, -0.15) is 4.40 Å². The minimum Gasteiger partial charge on any atom is -0.493 e. The Morgan fingerprint density at radius 1 is 1.32 bits per heavy atom. The van der Waals surface area contributed by atoms with Crippen molar-refractivity contribution < 1.29 is 13.7 Å². The minimum absolute atomic E-state index is 0.409. The molecule has 0 saturated carbocycles. The van der Waals surface area contributed by atoms with Crippen molar-refractivity contribution in [2.24, 2.45) is 4.40 Å². The Morgan fingerprint density at radius 2 is 1.91 bits per heavy atom. The normalized spacial score (nSPS) is 13.4. The first-order chi connectivity index (χ1) is 10.2. The predicted molar refractivity (Wildman–Crippen MR) is 97.0 cm³/mol. The summed E-state index contributed by atoms with van der Waals surface area (Å²) in [5.74, 6) is 1.11. The Balaban J connectivity index is 3.29. The van der Waals surface area contributed by atoms with E-state index in [0.29, 0.717) is 39.8 Å². The fourth-order valence-corrected chi connectivity index (χ4v) is 2.93. The molecule has 0 amide bonds. The molecule has 0 aliphatic carbocycles. The van der Waals surface area contributed by atoms with E-state index in [9.17, 15) is 4.21 Å². The van der Waals surface area contributed by atoms with Gasteiger partial charge in [0, 0.05) is 11.8 Å². The molecule has 0 N–H and O–H groups in total. The number of hydrogen-bond acceptors (Lipinski definition) is 3. The van der Waals surface area contributed by atoms with Gasteiger partial charge in [-0.3, -0.25) is 0 Å². The highest BCUT2D eigenvalue weighted by Crippen LogP contribution is 2.42. The third-order valence-electron chi connectivity index (χ3n) is 2.55. The van der Waals surface area contributed by atoms with Crippen molar-refractivity contribution in [2.45, 2.75) is 39.4 Å². The molecule has 0 aliphatic heterocycles. The van der Waals surface area contributed by atoms with E-state index in [4.69, 9.17) is 21.1 Å². The highest BCUT2D eigenvalue weighted by Gasteiger charge is 2.20. The average molecular weight is 411 g/mol. The maximum absolute atomic E-state index is 12.0. The molecule has 0 aromatic heterocycles. The van der Waals surface area contributed by atoms with Crippen LogP contribution in [-0.4, -0.2) is 28.4 Å². The summed E-state index contributed by atoms with van der Waals surface area (Å²) < 4.78 is 27.5. The molecule has 0 aliphatic rings.